The van der Waals surface area contributed by atoms with E-state index < -0.39 is 4.92 Å². The summed E-state index contributed by atoms with van der Waals surface area (Å²) in [6, 6.07) is 9.83. The quantitative estimate of drug-likeness (QED) is 0.444. The monoisotopic (exact) mass is 467 g/mol. The molecule has 0 saturated heterocycles. The molecule has 148 valence electrons. The fourth-order valence-corrected chi connectivity index (χ4v) is 3.47. The number of nitrogens with one attached hydrogen (secondary N) is 2. The van der Waals surface area contributed by atoms with Gasteiger partial charge in [-0.05, 0) is 29.8 Å². The van der Waals surface area contributed by atoms with Crippen molar-refractivity contribution in [2.45, 2.75) is 12.7 Å². The predicted octanol–water partition coefficient (Wildman–Crippen LogP) is 4.20. The number of anilines is 2. The molecular formula is C18H18BrN3O5S. The van der Waals surface area contributed by atoms with E-state index in [2.05, 4.69) is 26.6 Å². The first-order chi connectivity index (χ1) is 13.3. The van der Waals surface area contributed by atoms with Gasteiger partial charge in [0, 0.05) is 23.2 Å². The Morgan fingerprint density at radius 1 is 1.18 bits per heavy atom. The van der Waals surface area contributed by atoms with E-state index in [9.17, 15) is 19.7 Å². The van der Waals surface area contributed by atoms with Crippen LogP contribution in [0.25, 0.3) is 0 Å². The molecule has 0 atom stereocenters. The van der Waals surface area contributed by atoms with E-state index in [0.717, 1.165) is 4.47 Å². The van der Waals surface area contributed by atoms with Gasteiger partial charge in [0.05, 0.1) is 29.2 Å². The van der Waals surface area contributed by atoms with E-state index in [1.54, 1.807) is 24.3 Å². The summed E-state index contributed by atoms with van der Waals surface area (Å²) in [4.78, 5) is 34.1. The summed E-state index contributed by atoms with van der Waals surface area (Å²) >= 11 is 4.65. The van der Waals surface area contributed by atoms with Crippen molar-refractivity contribution in [3.8, 4) is 5.75 Å². The predicted molar refractivity (Wildman–Crippen MR) is 113 cm³/mol. The van der Waals surface area contributed by atoms with Gasteiger partial charge in [-0.3, -0.25) is 19.7 Å². The SMILES string of the molecule is COc1ccc(CSCC(=O)Nc2cc(Br)ccc2NC(C)=O)cc1[N+](=O)[O-]. The number of hydrogen-bond acceptors (Lipinski definition) is 6. The first kappa shape index (κ1) is 21.7. The second kappa shape index (κ2) is 10.1. The highest BCUT2D eigenvalue weighted by Crippen LogP contribution is 2.29. The van der Waals surface area contributed by atoms with Gasteiger partial charge in [0.1, 0.15) is 0 Å². The van der Waals surface area contributed by atoms with Crippen LogP contribution in [0.15, 0.2) is 40.9 Å². The Morgan fingerprint density at radius 3 is 2.57 bits per heavy atom. The summed E-state index contributed by atoms with van der Waals surface area (Å²) in [6.45, 7) is 1.39. The zero-order chi connectivity index (χ0) is 20.7. The zero-order valence-electron chi connectivity index (χ0n) is 15.2. The van der Waals surface area contributed by atoms with E-state index in [1.165, 1.54) is 37.9 Å². The van der Waals surface area contributed by atoms with Crippen molar-refractivity contribution in [2.24, 2.45) is 0 Å². The minimum atomic E-state index is -0.503. The van der Waals surface area contributed by atoms with Crippen molar-refractivity contribution in [1.82, 2.24) is 0 Å². The average Bonchev–Trinajstić information content (AvgIpc) is 2.63. The second-order valence-corrected chi connectivity index (χ2v) is 7.58. The van der Waals surface area contributed by atoms with Gasteiger partial charge in [-0.25, -0.2) is 0 Å². The van der Waals surface area contributed by atoms with Crippen LogP contribution in [0.3, 0.4) is 0 Å². The molecule has 0 fully saturated rings. The maximum atomic E-state index is 12.2. The van der Waals surface area contributed by atoms with Gasteiger partial charge in [0.15, 0.2) is 5.75 Å². The van der Waals surface area contributed by atoms with Crippen LogP contribution in [-0.2, 0) is 15.3 Å². The average molecular weight is 468 g/mol. The number of amides is 2. The smallest absolute Gasteiger partial charge is 0.311 e. The van der Waals surface area contributed by atoms with Crippen molar-refractivity contribution in [2.75, 3.05) is 23.5 Å². The lowest BCUT2D eigenvalue weighted by Gasteiger charge is -2.12. The Balaban J connectivity index is 1.97. The van der Waals surface area contributed by atoms with Crippen LogP contribution < -0.4 is 15.4 Å². The molecule has 2 rings (SSSR count). The van der Waals surface area contributed by atoms with Crippen LogP contribution in [0.2, 0.25) is 0 Å². The van der Waals surface area contributed by atoms with E-state index in [0.29, 0.717) is 22.7 Å². The van der Waals surface area contributed by atoms with Crippen molar-refractivity contribution in [3.63, 3.8) is 0 Å². The van der Waals surface area contributed by atoms with Gasteiger partial charge in [0.2, 0.25) is 11.8 Å². The molecule has 0 aliphatic rings. The fourth-order valence-electron chi connectivity index (χ4n) is 2.33. The Labute approximate surface area is 174 Å². The summed E-state index contributed by atoms with van der Waals surface area (Å²) in [7, 11) is 1.37. The van der Waals surface area contributed by atoms with Gasteiger partial charge >= 0.3 is 5.69 Å². The van der Waals surface area contributed by atoms with Gasteiger partial charge in [-0.15, -0.1) is 11.8 Å². The third-order valence-corrected chi connectivity index (χ3v) is 5.01. The third kappa shape index (κ3) is 6.24. The minimum absolute atomic E-state index is 0.112. The Morgan fingerprint density at radius 2 is 1.93 bits per heavy atom. The lowest BCUT2D eigenvalue weighted by Crippen LogP contribution is -2.16. The Hall–Kier alpha value is -2.59. The number of nitro benzene ring substituents is 1. The van der Waals surface area contributed by atoms with Crippen molar-refractivity contribution < 1.29 is 19.2 Å². The number of carbonyl (C=O) groups is 2. The summed E-state index contributed by atoms with van der Waals surface area (Å²) in [5.41, 5.74) is 1.58. The molecule has 0 aliphatic heterocycles. The number of nitro groups is 1. The number of thioether (sulfide) groups is 1. The number of methoxy groups -OCH3 is 1. The van der Waals surface area contributed by atoms with Crippen LogP contribution in [-0.4, -0.2) is 29.6 Å². The number of hydrogen-bond donors (Lipinski definition) is 2. The second-order valence-electron chi connectivity index (χ2n) is 5.68. The summed E-state index contributed by atoms with van der Waals surface area (Å²) in [6.07, 6.45) is 0. The summed E-state index contributed by atoms with van der Waals surface area (Å²) < 4.78 is 5.73. The number of carbonyl (C=O) groups excluding carboxylic acids is 2. The van der Waals surface area contributed by atoms with Gasteiger partial charge < -0.3 is 15.4 Å². The van der Waals surface area contributed by atoms with Gasteiger partial charge in [-0.2, -0.15) is 0 Å². The van der Waals surface area contributed by atoms with Crippen LogP contribution in [0.1, 0.15) is 12.5 Å². The molecule has 0 bridgehead atoms. The molecule has 0 aliphatic carbocycles. The van der Waals surface area contributed by atoms with Crippen LogP contribution in [0, 0.1) is 10.1 Å². The minimum Gasteiger partial charge on any atom is -0.490 e. The van der Waals surface area contributed by atoms with Gasteiger partial charge in [-0.1, -0.05) is 22.0 Å². The van der Waals surface area contributed by atoms with Crippen LogP contribution >= 0.6 is 27.7 Å². The molecule has 2 N–H and O–H groups in total. The Bertz CT molecular complexity index is 907. The molecule has 0 unspecified atom stereocenters. The highest BCUT2D eigenvalue weighted by Gasteiger charge is 2.15. The largest absolute Gasteiger partial charge is 0.490 e. The first-order valence-corrected chi connectivity index (χ1v) is 10.0. The van der Waals surface area contributed by atoms with Crippen molar-refractivity contribution in [1.29, 1.82) is 0 Å². The normalized spacial score (nSPS) is 10.2. The molecule has 0 spiro atoms. The highest BCUT2D eigenvalue weighted by molar-refractivity contribution is 9.10. The lowest BCUT2D eigenvalue weighted by atomic mass is 10.2. The van der Waals surface area contributed by atoms with E-state index >= 15 is 0 Å². The molecule has 0 heterocycles. The maximum Gasteiger partial charge on any atom is 0.311 e. The van der Waals surface area contributed by atoms with Crippen molar-refractivity contribution >= 4 is 56.6 Å². The molecule has 0 aromatic heterocycles. The maximum absolute atomic E-state index is 12.2. The number of benzene rings is 2. The van der Waals surface area contributed by atoms with Crippen LogP contribution in [0.5, 0.6) is 5.75 Å². The summed E-state index contributed by atoms with van der Waals surface area (Å²) in [5.74, 6) is 0.267. The molecule has 28 heavy (non-hydrogen) atoms. The third-order valence-electron chi connectivity index (χ3n) is 3.51. The standard InChI is InChI=1S/C18H18BrN3O5S/c1-11(23)20-14-5-4-13(19)8-15(14)21-18(24)10-28-9-12-3-6-17(27-2)16(7-12)22(25)26/h3-8H,9-10H2,1-2H3,(H,20,23)(H,21,24). The van der Waals surface area contributed by atoms with Crippen molar-refractivity contribution in [3.05, 3.63) is 56.5 Å². The van der Waals surface area contributed by atoms with Crippen LogP contribution in [0.4, 0.5) is 17.1 Å². The Kier molecular flexibility index (Phi) is 7.82. The number of halogens is 1. The van der Waals surface area contributed by atoms with E-state index in [1.807, 2.05) is 0 Å². The first-order valence-electron chi connectivity index (χ1n) is 8.06. The van der Waals surface area contributed by atoms with Gasteiger partial charge in [0.25, 0.3) is 0 Å². The molecule has 2 aromatic carbocycles. The number of nitrogens with zero attached hydrogens (tertiary/aromatic N) is 1. The van der Waals surface area contributed by atoms with E-state index in [4.69, 9.17) is 4.74 Å². The summed E-state index contributed by atoms with van der Waals surface area (Å²) in [5, 5.41) is 16.5. The zero-order valence-corrected chi connectivity index (χ0v) is 17.6. The molecule has 10 heteroatoms. The molecular weight excluding hydrogens is 450 g/mol. The molecule has 8 nitrogen and oxygen atoms in total. The lowest BCUT2D eigenvalue weighted by molar-refractivity contribution is -0.385. The molecule has 2 amide bonds. The topological polar surface area (TPSA) is 111 Å². The molecule has 2 aromatic rings. The highest BCUT2D eigenvalue weighted by atomic mass is 79.9. The number of ether oxygens (including phenoxy) is 1. The molecule has 0 saturated carbocycles. The number of rotatable bonds is 8. The molecule has 0 radical (unpaired) electrons. The van der Waals surface area contributed by atoms with E-state index in [-0.39, 0.29) is 29.0 Å². The fraction of sp³-hybridized carbons (Fsp3) is 0.222.